The maximum absolute atomic E-state index is 13.2. The molecule has 1 aromatic rings. The normalized spacial score (nSPS) is 14.1. The fourth-order valence-electron chi connectivity index (χ4n) is 2.28. The molecule has 1 atom stereocenters. The molecule has 0 amide bonds. The van der Waals surface area contributed by atoms with Gasteiger partial charge in [0, 0.05) is 0 Å². The smallest absolute Gasteiger partial charge is 0.309 e. The molecule has 4 heteroatoms. The van der Waals surface area contributed by atoms with Gasteiger partial charge in [0.25, 0.3) is 0 Å². The third-order valence-corrected chi connectivity index (χ3v) is 3.67. The van der Waals surface area contributed by atoms with Crippen molar-refractivity contribution in [2.45, 2.75) is 46.0 Å². The van der Waals surface area contributed by atoms with Gasteiger partial charge in [-0.05, 0) is 37.0 Å². The van der Waals surface area contributed by atoms with Gasteiger partial charge in [0.1, 0.15) is 0 Å². The fourth-order valence-corrected chi connectivity index (χ4v) is 2.28. The molecule has 0 heterocycles. The Bertz CT molecular complexity index is 446. The highest BCUT2D eigenvalue weighted by atomic mass is 19.2. The van der Waals surface area contributed by atoms with Gasteiger partial charge in [-0.1, -0.05) is 32.8 Å². The molecule has 19 heavy (non-hydrogen) atoms. The molecule has 0 aliphatic carbocycles. The van der Waals surface area contributed by atoms with Crippen molar-refractivity contribution in [1.29, 1.82) is 0 Å². The standard InChI is InChI=1S/C15H20F2O2/c1-3-5-8-15(4-2,14(18)19)10-11-6-7-12(16)13(17)9-11/h6-7,9H,3-5,8,10H2,1-2H3,(H,18,19). The number of carboxylic acid groups (broad SMARTS) is 1. The Balaban J connectivity index is 2.98. The topological polar surface area (TPSA) is 37.3 Å². The van der Waals surface area contributed by atoms with Crippen LogP contribution in [0.1, 0.15) is 45.1 Å². The third-order valence-electron chi connectivity index (χ3n) is 3.67. The molecule has 0 aliphatic heterocycles. The Hall–Kier alpha value is -1.45. The van der Waals surface area contributed by atoms with Crippen molar-refractivity contribution in [3.8, 4) is 0 Å². The molecule has 1 unspecified atom stereocenters. The lowest BCUT2D eigenvalue weighted by Crippen LogP contribution is -2.33. The average Bonchev–Trinajstić information content (AvgIpc) is 2.38. The average molecular weight is 270 g/mol. The van der Waals surface area contributed by atoms with Crippen molar-refractivity contribution in [1.82, 2.24) is 0 Å². The maximum Gasteiger partial charge on any atom is 0.309 e. The van der Waals surface area contributed by atoms with Gasteiger partial charge in [0.2, 0.25) is 0 Å². The van der Waals surface area contributed by atoms with Crippen LogP contribution in [0.2, 0.25) is 0 Å². The number of unbranched alkanes of at least 4 members (excludes halogenated alkanes) is 1. The zero-order valence-electron chi connectivity index (χ0n) is 11.4. The fraction of sp³-hybridized carbons (Fsp3) is 0.533. The minimum atomic E-state index is -0.927. The van der Waals surface area contributed by atoms with E-state index in [1.54, 1.807) is 0 Å². The van der Waals surface area contributed by atoms with Gasteiger partial charge in [0.15, 0.2) is 11.6 Å². The molecule has 0 spiro atoms. The van der Waals surface area contributed by atoms with E-state index < -0.39 is 23.0 Å². The molecule has 106 valence electrons. The summed E-state index contributed by atoms with van der Waals surface area (Å²) in [6, 6.07) is 3.60. The monoisotopic (exact) mass is 270 g/mol. The molecule has 1 aromatic carbocycles. The predicted octanol–water partition coefficient (Wildman–Crippen LogP) is 4.18. The van der Waals surface area contributed by atoms with Gasteiger partial charge < -0.3 is 5.11 Å². The Kier molecular flexibility index (Phi) is 5.45. The zero-order chi connectivity index (χ0) is 14.5. The van der Waals surface area contributed by atoms with Crippen LogP contribution >= 0.6 is 0 Å². The summed E-state index contributed by atoms with van der Waals surface area (Å²) in [4.78, 5) is 11.5. The van der Waals surface area contributed by atoms with Crippen LogP contribution in [0.5, 0.6) is 0 Å². The highest BCUT2D eigenvalue weighted by molar-refractivity contribution is 5.75. The van der Waals surface area contributed by atoms with Crippen molar-refractivity contribution >= 4 is 5.97 Å². The minimum absolute atomic E-state index is 0.232. The largest absolute Gasteiger partial charge is 0.481 e. The van der Waals surface area contributed by atoms with Gasteiger partial charge in [0.05, 0.1) is 5.41 Å². The summed E-state index contributed by atoms with van der Waals surface area (Å²) in [7, 11) is 0. The summed E-state index contributed by atoms with van der Waals surface area (Å²) >= 11 is 0. The van der Waals surface area contributed by atoms with Crippen LogP contribution in [0.15, 0.2) is 18.2 Å². The summed E-state index contributed by atoms with van der Waals surface area (Å²) in [5.74, 6) is -2.70. The first-order valence-corrected chi connectivity index (χ1v) is 6.62. The van der Waals surface area contributed by atoms with Gasteiger partial charge in [-0.3, -0.25) is 4.79 Å². The SMILES string of the molecule is CCCCC(CC)(Cc1ccc(F)c(F)c1)C(=O)O. The summed E-state index contributed by atoms with van der Waals surface area (Å²) < 4.78 is 26.1. The molecular formula is C15H20F2O2. The Labute approximate surface area is 112 Å². The number of benzene rings is 1. The Morgan fingerprint density at radius 3 is 2.42 bits per heavy atom. The van der Waals surface area contributed by atoms with Gasteiger partial charge >= 0.3 is 5.97 Å². The second-order valence-electron chi connectivity index (χ2n) is 4.97. The molecule has 0 fully saturated rings. The van der Waals surface area contributed by atoms with Crippen LogP contribution in [-0.2, 0) is 11.2 Å². The van der Waals surface area contributed by atoms with E-state index in [1.807, 2.05) is 13.8 Å². The molecule has 1 N–H and O–H groups in total. The molecule has 0 aromatic heterocycles. The van der Waals surface area contributed by atoms with E-state index >= 15 is 0 Å². The molecule has 0 aliphatic rings. The number of halogens is 2. The van der Waals surface area contributed by atoms with Gasteiger partial charge in [-0.15, -0.1) is 0 Å². The van der Waals surface area contributed by atoms with Crippen LogP contribution in [0.4, 0.5) is 8.78 Å². The molecule has 0 saturated carbocycles. The first kappa shape index (κ1) is 15.6. The zero-order valence-corrected chi connectivity index (χ0v) is 11.4. The summed E-state index contributed by atoms with van der Waals surface area (Å²) in [6.07, 6.45) is 2.97. The van der Waals surface area contributed by atoms with E-state index in [0.29, 0.717) is 18.4 Å². The van der Waals surface area contributed by atoms with E-state index in [0.717, 1.165) is 25.0 Å². The molecule has 0 bridgehead atoms. The van der Waals surface area contributed by atoms with Crippen LogP contribution in [-0.4, -0.2) is 11.1 Å². The minimum Gasteiger partial charge on any atom is -0.481 e. The van der Waals surface area contributed by atoms with Gasteiger partial charge in [-0.25, -0.2) is 8.78 Å². The second-order valence-corrected chi connectivity index (χ2v) is 4.97. The highest BCUT2D eigenvalue weighted by Crippen LogP contribution is 2.33. The molecule has 0 saturated heterocycles. The lowest BCUT2D eigenvalue weighted by molar-refractivity contribution is -0.149. The summed E-state index contributed by atoms with van der Waals surface area (Å²) in [5.41, 5.74) is -0.362. The van der Waals surface area contributed by atoms with Crippen LogP contribution < -0.4 is 0 Å². The molecular weight excluding hydrogens is 250 g/mol. The van der Waals surface area contributed by atoms with E-state index in [4.69, 9.17) is 0 Å². The van der Waals surface area contributed by atoms with E-state index in [-0.39, 0.29) is 6.42 Å². The number of carboxylic acids is 1. The van der Waals surface area contributed by atoms with Crippen molar-refractivity contribution in [3.05, 3.63) is 35.4 Å². The van der Waals surface area contributed by atoms with Crippen LogP contribution in [0.25, 0.3) is 0 Å². The quantitative estimate of drug-likeness (QED) is 0.807. The Morgan fingerprint density at radius 2 is 1.95 bits per heavy atom. The van der Waals surface area contributed by atoms with E-state index in [9.17, 15) is 18.7 Å². The van der Waals surface area contributed by atoms with Crippen molar-refractivity contribution < 1.29 is 18.7 Å². The molecule has 1 rings (SSSR count). The first-order chi connectivity index (χ1) is 8.95. The Morgan fingerprint density at radius 1 is 1.26 bits per heavy atom. The second kappa shape index (κ2) is 6.64. The van der Waals surface area contributed by atoms with Crippen LogP contribution in [0.3, 0.4) is 0 Å². The van der Waals surface area contributed by atoms with Gasteiger partial charge in [-0.2, -0.15) is 0 Å². The van der Waals surface area contributed by atoms with Crippen molar-refractivity contribution in [2.24, 2.45) is 5.41 Å². The lowest BCUT2D eigenvalue weighted by Gasteiger charge is -2.28. The maximum atomic E-state index is 13.2. The highest BCUT2D eigenvalue weighted by Gasteiger charge is 2.36. The molecule has 0 radical (unpaired) electrons. The number of aliphatic carboxylic acids is 1. The summed E-state index contributed by atoms with van der Waals surface area (Å²) in [6.45, 7) is 3.82. The van der Waals surface area contributed by atoms with Crippen molar-refractivity contribution in [2.75, 3.05) is 0 Å². The number of hydrogen-bond acceptors (Lipinski definition) is 1. The first-order valence-electron chi connectivity index (χ1n) is 6.62. The third kappa shape index (κ3) is 3.75. The van der Waals surface area contributed by atoms with E-state index in [1.165, 1.54) is 6.07 Å². The molecule has 2 nitrogen and oxygen atoms in total. The number of rotatable bonds is 7. The van der Waals surface area contributed by atoms with E-state index in [2.05, 4.69) is 0 Å². The predicted molar refractivity (Wildman–Crippen MR) is 69.9 cm³/mol. The summed E-state index contributed by atoms with van der Waals surface area (Å²) in [5, 5.41) is 9.47. The van der Waals surface area contributed by atoms with Crippen LogP contribution in [0, 0.1) is 17.0 Å². The van der Waals surface area contributed by atoms with Crippen molar-refractivity contribution in [3.63, 3.8) is 0 Å². The number of hydrogen-bond donors (Lipinski definition) is 1. The lowest BCUT2D eigenvalue weighted by atomic mass is 9.75. The number of carbonyl (C=O) groups is 1.